The summed E-state index contributed by atoms with van der Waals surface area (Å²) in [6.07, 6.45) is 5.92. The number of ether oxygens (including phenoxy) is 3. The van der Waals surface area contributed by atoms with Gasteiger partial charge in [0.1, 0.15) is 17.6 Å². The molecule has 0 spiro atoms. The predicted molar refractivity (Wildman–Crippen MR) is 109 cm³/mol. The second-order valence-electron chi connectivity index (χ2n) is 7.10. The van der Waals surface area contributed by atoms with Gasteiger partial charge in [0.15, 0.2) is 0 Å². The first-order valence-electron chi connectivity index (χ1n) is 9.91. The molecule has 1 atom stereocenters. The van der Waals surface area contributed by atoms with Gasteiger partial charge in [0.2, 0.25) is 0 Å². The maximum absolute atomic E-state index is 12.5. The van der Waals surface area contributed by atoms with Crippen molar-refractivity contribution in [1.82, 2.24) is 5.32 Å². The van der Waals surface area contributed by atoms with Crippen molar-refractivity contribution in [1.29, 1.82) is 0 Å². The van der Waals surface area contributed by atoms with Crippen LogP contribution in [0.2, 0.25) is 0 Å². The van der Waals surface area contributed by atoms with E-state index in [1.54, 1.807) is 38.5 Å². The largest absolute Gasteiger partial charge is 0.497 e. The minimum Gasteiger partial charge on any atom is -0.497 e. The average molecular weight is 383 g/mol. The third-order valence-corrected chi connectivity index (χ3v) is 5.20. The van der Waals surface area contributed by atoms with Gasteiger partial charge < -0.3 is 19.5 Å². The second kappa shape index (κ2) is 10.1. The van der Waals surface area contributed by atoms with Crippen LogP contribution in [-0.4, -0.2) is 32.8 Å². The Morgan fingerprint density at radius 1 is 0.929 bits per heavy atom. The van der Waals surface area contributed by atoms with Crippen LogP contribution in [0.15, 0.2) is 48.5 Å². The Balaban J connectivity index is 1.67. The summed E-state index contributed by atoms with van der Waals surface area (Å²) in [5.74, 6) is 1.42. The van der Waals surface area contributed by atoms with E-state index in [4.69, 9.17) is 14.2 Å². The maximum Gasteiger partial charge on any atom is 0.251 e. The van der Waals surface area contributed by atoms with Crippen molar-refractivity contribution >= 4 is 5.91 Å². The van der Waals surface area contributed by atoms with Crippen molar-refractivity contribution in [3.05, 3.63) is 59.7 Å². The van der Waals surface area contributed by atoms with E-state index in [1.165, 1.54) is 19.3 Å². The maximum atomic E-state index is 12.5. The Morgan fingerprint density at radius 2 is 1.50 bits per heavy atom. The van der Waals surface area contributed by atoms with Gasteiger partial charge in [-0.3, -0.25) is 4.79 Å². The van der Waals surface area contributed by atoms with E-state index in [0.29, 0.717) is 12.1 Å². The summed E-state index contributed by atoms with van der Waals surface area (Å²) in [4.78, 5) is 12.5. The molecule has 0 heterocycles. The Morgan fingerprint density at radius 3 is 2.07 bits per heavy atom. The van der Waals surface area contributed by atoms with Gasteiger partial charge in [0.25, 0.3) is 5.91 Å². The lowest BCUT2D eigenvalue weighted by Crippen LogP contribution is -2.32. The smallest absolute Gasteiger partial charge is 0.251 e. The van der Waals surface area contributed by atoms with E-state index in [-0.39, 0.29) is 18.1 Å². The standard InChI is InChI=1S/C23H29NO4/c1-26-19-12-8-17(9-13-19)22(28-21-6-4-3-5-7-21)16-24-23(25)18-10-14-20(27-2)15-11-18/h8-15,21-22H,3-7,16H2,1-2H3,(H,24,25). The van der Waals surface area contributed by atoms with Crippen LogP contribution in [0.3, 0.4) is 0 Å². The quantitative estimate of drug-likeness (QED) is 0.728. The van der Waals surface area contributed by atoms with Gasteiger partial charge >= 0.3 is 0 Å². The molecule has 5 nitrogen and oxygen atoms in total. The van der Waals surface area contributed by atoms with Crippen molar-refractivity contribution < 1.29 is 19.0 Å². The number of hydrogen-bond donors (Lipinski definition) is 1. The molecule has 1 saturated carbocycles. The fourth-order valence-corrected chi connectivity index (χ4v) is 3.53. The molecule has 0 saturated heterocycles. The molecule has 0 aliphatic heterocycles. The van der Waals surface area contributed by atoms with E-state index in [1.807, 2.05) is 24.3 Å². The van der Waals surface area contributed by atoms with E-state index in [2.05, 4.69) is 5.32 Å². The number of nitrogens with one attached hydrogen (secondary N) is 1. The monoisotopic (exact) mass is 383 g/mol. The van der Waals surface area contributed by atoms with Crippen LogP contribution in [0, 0.1) is 0 Å². The molecular weight excluding hydrogens is 354 g/mol. The summed E-state index contributed by atoms with van der Waals surface area (Å²) in [6, 6.07) is 15.0. The highest BCUT2D eigenvalue weighted by molar-refractivity contribution is 5.94. The zero-order valence-electron chi connectivity index (χ0n) is 16.6. The van der Waals surface area contributed by atoms with Crippen molar-refractivity contribution in [3.8, 4) is 11.5 Å². The Hall–Kier alpha value is -2.53. The van der Waals surface area contributed by atoms with Crippen molar-refractivity contribution in [2.75, 3.05) is 20.8 Å². The molecule has 5 heteroatoms. The third-order valence-electron chi connectivity index (χ3n) is 5.20. The highest BCUT2D eigenvalue weighted by atomic mass is 16.5. The molecule has 1 aliphatic carbocycles. The van der Waals surface area contributed by atoms with Crippen LogP contribution < -0.4 is 14.8 Å². The zero-order chi connectivity index (χ0) is 19.8. The lowest BCUT2D eigenvalue weighted by Gasteiger charge is -2.28. The Kier molecular flexibility index (Phi) is 7.31. The lowest BCUT2D eigenvalue weighted by molar-refractivity contribution is -0.0300. The number of benzene rings is 2. The van der Waals surface area contributed by atoms with E-state index in [0.717, 1.165) is 29.9 Å². The highest BCUT2D eigenvalue weighted by Crippen LogP contribution is 2.28. The summed E-state index contributed by atoms with van der Waals surface area (Å²) in [7, 11) is 3.26. The molecule has 3 rings (SSSR count). The molecule has 150 valence electrons. The van der Waals surface area contributed by atoms with Crippen LogP contribution in [0.25, 0.3) is 0 Å². The third kappa shape index (κ3) is 5.49. The predicted octanol–water partition coefficient (Wildman–Crippen LogP) is 4.52. The number of methoxy groups -OCH3 is 2. The summed E-state index contributed by atoms with van der Waals surface area (Å²) in [6.45, 7) is 0.424. The fraction of sp³-hybridized carbons (Fsp3) is 0.435. The zero-order valence-corrected chi connectivity index (χ0v) is 16.6. The first kappa shape index (κ1) is 20.2. The van der Waals surface area contributed by atoms with Gasteiger partial charge in [-0.25, -0.2) is 0 Å². The summed E-state index contributed by atoms with van der Waals surface area (Å²) in [5.41, 5.74) is 1.65. The molecule has 2 aromatic carbocycles. The normalized spacial score (nSPS) is 15.6. The SMILES string of the molecule is COc1ccc(C(=O)NCC(OC2CCCCC2)c2ccc(OC)cc2)cc1. The van der Waals surface area contributed by atoms with Crippen LogP contribution >= 0.6 is 0 Å². The molecular formula is C23H29NO4. The van der Waals surface area contributed by atoms with E-state index in [9.17, 15) is 4.79 Å². The Labute approximate surface area is 167 Å². The summed E-state index contributed by atoms with van der Waals surface area (Å²) in [5, 5.41) is 3.02. The van der Waals surface area contributed by atoms with Crippen molar-refractivity contribution in [2.24, 2.45) is 0 Å². The molecule has 1 fully saturated rings. The number of carbonyl (C=O) groups is 1. The topological polar surface area (TPSA) is 56.8 Å². The van der Waals surface area contributed by atoms with Crippen LogP contribution in [-0.2, 0) is 4.74 Å². The van der Waals surface area contributed by atoms with Gasteiger partial charge in [0.05, 0.1) is 20.3 Å². The minimum atomic E-state index is -0.184. The number of hydrogen-bond acceptors (Lipinski definition) is 4. The number of carbonyl (C=O) groups excluding carboxylic acids is 1. The van der Waals surface area contributed by atoms with Crippen LogP contribution in [0.4, 0.5) is 0 Å². The molecule has 1 amide bonds. The lowest BCUT2D eigenvalue weighted by atomic mass is 9.97. The highest BCUT2D eigenvalue weighted by Gasteiger charge is 2.21. The van der Waals surface area contributed by atoms with E-state index < -0.39 is 0 Å². The van der Waals surface area contributed by atoms with E-state index >= 15 is 0 Å². The van der Waals surface area contributed by atoms with Crippen LogP contribution in [0.5, 0.6) is 11.5 Å². The number of amides is 1. The van der Waals surface area contributed by atoms with Crippen LogP contribution in [0.1, 0.15) is 54.1 Å². The van der Waals surface area contributed by atoms with Gasteiger partial charge in [-0.2, -0.15) is 0 Å². The summed E-state index contributed by atoms with van der Waals surface area (Å²) >= 11 is 0. The number of rotatable bonds is 8. The molecule has 1 aliphatic rings. The van der Waals surface area contributed by atoms with Gasteiger partial charge in [-0.1, -0.05) is 31.4 Å². The first-order valence-corrected chi connectivity index (χ1v) is 9.91. The first-order chi connectivity index (χ1) is 13.7. The molecule has 2 aromatic rings. The molecule has 1 unspecified atom stereocenters. The van der Waals surface area contributed by atoms with Crippen molar-refractivity contribution in [3.63, 3.8) is 0 Å². The van der Waals surface area contributed by atoms with Crippen molar-refractivity contribution in [2.45, 2.75) is 44.3 Å². The van der Waals surface area contributed by atoms with Gasteiger partial charge in [0, 0.05) is 12.1 Å². The second-order valence-corrected chi connectivity index (χ2v) is 7.10. The molecule has 0 radical (unpaired) electrons. The Bertz CT molecular complexity index is 736. The average Bonchev–Trinajstić information content (AvgIpc) is 2.77. The molecule has 0 bridgehead atoms. The summed E-state index contributed by atoms with van der Waals surface area (Å²) < 4.78 is 16.8. The molecule has 0 aromatic heterocycles. The molecule has 28 heavy (non-hydrogen) atoms. The minimum absolute atomic E-state index is 0.117. The molecule has 1 N–H and O–H groups in total. The van der Waals surface area contributed by atoms with Gasteiger partial charge in [-0.15, -0.1) is 0 Å². The van der Waals surface area contributed by atoms with Gasteiger partial charge in [-0.05, 0) is 54.8 Å². The fourth-order valence-electron chi connectivity index (χ4n) is 3.53.